The van der Waals surface area contributed by atoms with Crippen molar-refractivity contribution in [1.82, 2.24) is 9.38 Å². The van der Waals surface area contributed by atoms with Crippen LogP contribution in [0.1, 0.15) is 10.5 Å². The zero-order chi connectivity index (χ0) is 12.5. The summed E-state index contributed by atoms with van der Waals surface area (Å²) in [5, 5.41) is 0.530. The lowest BCUT2D eigenvalue weighted by molar-refractivity contribution is 0.112. The number of rotatable bonds is 2. The Kier molecular flexibility index (Phi) is 2.61. The molecule has 0 N–H and O–H groups in total. The van der Waals surface area contributed by atoms with E-state index in [2.05, 4.69) is 4.98 Å². The third kappa shape index (κ3) is 1.60. The van der Waals surface area contributed by atoms with Crippen molar-refractivity contribution >= 4 is 23.5 Å². The first-order valence-corrected chi connectivity index (χ1v) is 5.86. The maximum atomic E-state index is 11.2. The first-order chi connectivity index (χ1) is 8.81. The van der Waals surface area contributed by atoms with Gasteiger partial charge in [-0.15, -0.1) is 0 Å². The molecule has 0 amide bonds. The maximum absolute atomic E-state index is 11.2. The van der Waals surface area contributed by atoms with Crippen LogP contribution in [0.5, 0.6) is 0 Å². The molecule has 4 heteroatoms. The van der Waals surface area contributed by atoms with E-state index in [-0.39, 0.29) is 0 Å². The van der Waals surface area contributed by atoms with Gasteiger partial charge in [0.15, 0.2) is 11.9 Å². The average molecular weight is 257 g/mol. The molecule has 2 heterocycles. The Morgan fingerprint density at radius 1 is 1.11 bits per heavy atom. The van der Waals surface area contributed by atoms with Gasteiger partial charge in [-0.05, 0) is 12.1 Å². The van der Waals surface area contributed by atoms with Crippen molar-refractivity contribution < 1.29 is 4.79 Å². The number of imidazole rings is 1. The van der Waals surface area contributed by atoms with Crippen LogP contribution >= 0.6 is 11.6 Å². The van der Waals surface area contributed by atoms with Crippen molar-refractivity contribution in [2.45, 2.75) is 0 Å². The van der Waals surface area contributed by atoms with Gasteiger partial charge < -0.3 is 0 Å². The topological polar surface area (TPSA) is 34.4 Å². The third-order valence-electron chi connectivity index (χ3n) is 2.79. The summed E-state index contributed by atoms with van der Waals surface area (Å²) >= 11 is 6.09. The summed E-state index contributed by atoms with van der Waals surface area (Å²) in [6, 6.07) is 13.3. The van der Waals surface area contributed by atoms with Gasteiger partial charge in [-0.25, -0.2) is 4.98 Å². The highest BCUT2D eigenvalue weighted by Crippen LogP contribution is 2.27. The van der Waals surface area contributed by atoms with Crippen molar-refractivity contribution in [2.75, 3.05) is 0 Å². The molecule has 0 radical (unpaired) electrons. The zero-order valence-corrected chi connectivity index (χ0v) is 10.1. The quantitative estimate of drug-likeness (QED) is 0.658. The molecule has 0 fully saturated rings. The number of carbonyl (C=O) groups excluding carboxylic acids is 1. The number of halogens is 1. The highest BCUT2D eigenvalue weighted by Gasteiger charge is 2.14. The second-order valence-corrected chi connectivity index (χ2v) is 4.29. The first kappa shape index (κ1) is 11.0. The van der Waals surface area contributed by atoms with E-state index in [1.54, 1.807) is 6.07 Å². The Morgan fingerprint density at radius 3 is 2.61 bits per heavy atom. The molecule has 3 rings (SSSR count). The Morgan fingerprint density at radius 2 is 1.89 bits per heavy atom. The molecule has 0 atom stereocenters. The van der Waals surface area contributed by atoms with Gasteiger partial charge >= 0.3 is 0 Å². The van der Waals surface area contributed by atoms with Gasteiger partial charge in [0.25, 0.3) is 0 Å². The second kappa shape index (κ2) is 4.27. The maximum Gasteiger partial charge on any atom is 0.170 e. The number of aldehydes is 1. The molecule has 2 aromatic heterocycles. The average Bonchev–Trinajstić information content (AvgIpc) is 2.80. The summed E-state index contributed by atoms with van der Waals surface area (Å²) in [4.78, 5) is 15.4. The van der Waals surface area contributed by atoms with Crippen molar-refractivity contribution in [3.63, 3.8) is 0 Å². The Bertz CT molecular complexity index is 719. The molecule has 0 bridgehead atoms. The fourth-order valence-electron chi connectivity index (χ4n) is 2.02. The van der Waals surface area contributed by atoms with Gasteiger partial charge in [0.05, 0.1) is 10.7 Å². The third-order valence-corrected chi connectivity index (χ3v) is 3.08. The lowest BCUT2D eigenvalue weighted by atomic mass is 10.1. The van der Waals surface area contributed by atoms with E-state index in [1.165, 1.54) is 0 Å². The van der Waals surface area contributed by atoms with E-state index in [1.807, 2.05) is 47.0 Å². The molecule has 0 saturated carbocycles. The van der Waals surface area contributed by atoms with Gasteiger partial charge in [-0.2, -0.15) is 0 Å². The normalized spacial score (nSPS) is 10.7. The molecule has 88 valence electrons. The van der Waals surface area contributed by atoms with E-state index >= 15 is 0 Å². The number of nitrogens with zero attached hydrogens (tertiary/aromatic N) is 2. The smallest absolute Gasteiger partial charge is 0.170 e. The molecule has 0 unspecified atom stereocenters. The van der Waals surface area contributed by atoms with Crippen LogP contribution in [-0.4, -0.2) is 15.7 Å². The molecule has 0 aliphatic carbocycles. The summed E-state index contributed by atoms with van der Waals surface area (Å²) in [6.45, 7) is 0. The lowest BCUT2D eigenvalue weighted by Gasteiger charge is -2.02. The molecule has 0 aliphatic rings. The molecule has 0 aliphatic heterocycles. The number of carbonyl (C=O) groups is 1. The molecular formula is C14H9ClN2O. The number of fused-ring (bicyclic) bond motifs is 1. The highest BCUT2D eigenvalue weighted by molar-refractivity contribution is 6.33. The van der Waals surface area contributed by atoms with Gasteiger partial charge in [0.2, 0.25) is 0 Å². The molecule has 1 aromatic carbocycles. The fourth-order valence-corrected chi connectivity index (χ4v) is 2.22. The van der Waals surface area contributed by atoms with Crippen LogP contribution in [0, 0.1) is 0 Å². The molecule has 0 spiro atoms. The number of hydrogen-bond acceptors (Lipinski definition) is 2. The predicted molar refractivity (Wildman–Crippen MR) is 71.0 cm³/mol. The minimum atomic E-state index is 0.398. The monoisotopic (exact) mass is 256 g/mol. The van der Waals surface area contributed by atoms with Crippen LogP contribution in [0.25, 0.3) is 16.9 Å². The van der Waals surface area contributed by atoms with E-state index in [0.29, 0.717) is 16.4 Å². The minimum absolute atomic E-state index is 0.398. The van der Waals surface area contributed by atoms with Gasteiger partial charge in [-0.3, -0.25) is 9.20 Å². The number of benzene rings is 1. The van der Waals surface area contributed by atoms with Crippen molar-refractivity contribution in [3.8, 4) is 11.3 Å². The van der Waals surface area contributed by atoms with Crippen molar-refractivity contribution in [2.24, 2.45) is 0 Å². The fraction of sp³-hybridized carbons (Fsp3) is 0. The highest BCUT2D eigenvalue weighted by atomic mass is 35.5. The predicted octanol–water partition coefficient (Wildman–Crippen LogP) is 3.47. The van der Waals surface area contributed by atoms with Gasteiger partial charge in [0.1, 0.15) is 5.69 Å². The van der Waals surface area contributed by atoms with Crippen LogP contribution in [0.3, 0.4) is 0 Å². The van der Waals surface area contributed by atoms with Crippen LogP contribution in [-0.2, 0) is 0 Å². The van der Waals surface area contributed by atoms with Crippen molar-refractivity contribution in [1.29, 1.82) is 0 Å². The van der Waals surface area contributed by atoms with Crippen molar-refractivity contribution in [3.05, 3.63) is 59.4 Å². The minimum Gasteiger partial charge on any atom is -0.298 e. The van der Waals surface area contributed by atoms with Crippen LogP contribution in [0.15, 0.2) is 48.7 Å². The molecule has 18 heavy (non-hydrogen) atoms. The summed E-state index contributed by atoms with van der Waals surface area (Å²) in [5.41, 5.74) is 2.70. The summed E-state index contributed by atoms with van der Waals surface area (Å²) < 4.78 is 1.83. The lowest BCUT2D eigenvalue weighted by Crippen LogP contribution is -1.90. The van der Waals surface area contributed by atoms with Crippen LogP contribution in [0.4, 0.5) is 0 Å². The van der Waals surface area contributed by atoms with E-state index in [9.17, 15) is 4.79 Å². The summed E-state index contributed by atoms with van der Waals surface area (Å²) in [7, 11) is 0. The summed E-state index contributed by atoms with van der Waals surface area (Å²) in [6.07, 6.45) is 2.61. The number of aromatic nitrogens is 2. The van der Waals surface area contributed by atoms with E-state index < -0.39 is 0 Å². The Labute approximate surface area is 109 Å². The standard InChI is InChI=1S/C14H9ClN2O/c15-11-7-4-8-17-13(10-5-2-1-3-6-10)12(9-18)16-14(11)17/h1-9H. The number of hydrogen-bond donors (Lipinski definition) is 0. The molecule has 3 aromatic rings. The van der Waals surface area contributed by atoms with Crippen LogP contribution in [0.2, 0.25) is 5.02 Å². The van der Waals surface area contributed by atoms with E-state index in [0.717, 1.165) is 17.5 Å². The first-order valence-electron chi connectivity index (χ1n) is 5.48. The number of pyridine rings is 1. The Hall–Kier alpha value is -2.13. The summed E-state index contributed by atoms with van der Waals surface area (Å²) in [5.74, 6) is 0. The molecule has 3 nitrogen and oxygen atoms in total. The van der Waals surface area contributed by atoms with E-state index in [4.69, 9.17) is 11.6 Å². The second-order valence-electron chi connectivity index (χ2n) is 3.88. The molecule has 0 saturated heterocycles. The SMILES string of the molecule is O=Cc1nc2c(Cl)cccn2c1-c1ccccc1. The molecular weight excluding hydrogens is 248 g/mol. The Balaban J connectivity index is 2.40. The van der Waals surface area contributed by atoms with Crippen LogP contribution < -0.4 is 0 Å². The van der Waals surface area contributed by atoms with Gasteiger partial charge in [0, 0.05) is 11.8 Å². The largest absolute Gasteiger partial charge is 0.298 e. The zero-order valence-electron chi connectivity index (χ0n) is 9.38. The van der Waals surface area contributed by atoms with Gasteiger partial charge in [-0.1, -0.05) is 41.9 Å².